The van der Waals surface area contributed by atoms with E-state index in [4.69, 9.17) is 24.3 Å². The van der Waals surface area contributed by atoms with Gasteiger partial charge in [0.25, 0.3) is 0 Å². The molecule has 1 fully saturated rings. The van der Waals surface area contributed by atoms with E-state index < -0.39 is 31.3 Å². The topological polar surface area (TPSA) is 89.2 Å². The van der Waals surface area contributed by atoms with Crippen molar-refractivity contribution in [2.24, 2.45) is 5.73 Å². The zero-order valence-electron chi connectivity index (χ0n) is 10.9. The molecule has 1 saturated heterocycles. The van der Waals surface area contributed by atoms with Crippen molar-refractivity contribution in [2.75, 3.05) is 27.4 Å². The van der Waals surface area contributed by atoms with Crippen molar-refractivity contribution in [3.63, 3.8) is 0 Å². The maximum absolute atomic E-state index is 14.3. The molecule has 7 nitrogen and oxygen atoms in total. The van der Waals surface area contributed by atoms with Crippen LogP contribution >= 0.6 is 20.5 Å². The van der Waals surface area contributed by atoms with Crippen LogP contribution in [0.15, 0.2) is 0 Å². The van der Waals surface area contributed by atoms with Crippen molar-refractivity contribution in [3.8, 4) is 0 Å². The number of methoxy groups -OCH3 is 1. The molecule has 0 radical (unpaired) electrons. The Hall–Kier alpha value is 0.270. The summed E-state index contributed by atoms with van der Waals surface area (Å²) in [6.07, 6.45) is -2.25. The predicted molar refractivity (Wildman–Crippen MR) is 68.7 cm³/mol. The van der Waals surface area contributed by atoms with Crippen molar-refractivity contribution < 1.29 is 32.0 Å². The lowest BCUT2D eigenvalue weighted by atomic mass is 10.1. The van der Waals surface area contributed by atoms with E-state index in [0.717, 1.165) is 7.11 Å². The smallest absolute Gasteiger partial charge is 0.382 e. The minimum atomic E-state index is -3.91. The van der Waals surface area contributed by atoms with E-state index in [2.05, 4.69) is 17.2 Å². The third-order valence-corrected chi connectivity index (χ3v) is 4.56. The number of halogens is 1. The number of hydrogen-bond acceptors (Lipinski definition) is 8. The first kappa shape index (κ1) is 17.3. The molecular weight excluding hydrogens is 300 g/mol. The molecule has 10 heteroatoms. The first-order valence-corrected chi connectivity index (χ1v) is 7.57. The average Bonchev–Trinajstić information content (AvgIpc) is 2.54. The molecule has 0 bridgehead atoms. The van der Waals surface area contributed by atoms with Crippen molar-refractivity contribution in [3.05, 3.63) is 0 Å². The van der Waals surface area contributed by atoms with Crippen molar-refractivity contribution in [1.29, 1.82) is 0 Å². The molecule has 0 spiro atoms. The molecule has 19 heavy (non-hydrogen) atoms. The summed E-state index contributed by atoms with van der Waals surface area (Å²) >= 11 is 3.89. The fourth-order valence-electron chi connectivity index (χ4n) is 1.63. The molecule has 1 aliphatic heterocycles. The van der Waals surface area contributed by atoms with Gasteiger partial charge in [0.15, 0.2) is 5.44 Å². The maximum Gasteiger partial charge on any atom is 0.475 e. The Morgan fingerprint density at radius 2 is 2.16 bits per heavy atom. The highest BCUT2D eigenvalue weighted by Crippen LogP contribution is 2.53. The van der Waals surface area contributed by atoms with Crippen LogP contribution in [0.4, 0.5) is 4.39 Å². The second-order valence-corrected chi connectivity index (χ2v) is 6.08. The van der Waals surface area contributed by atoms with Crippen molar-refractivity contribution >= 4 is 20.5 Å². The molecule has 1 heterocycles. The molecule has 114 valence electrons. The molecule has 0 aromatic rings. The Morgan fingerprint density at radius 1 is 1.53 bits per heavy atom. The number of rotatable bonds is 7. The van der Waals surface area contributed by atoms with Gasteiger partial charge in [0.1, 0.15) is 12.2 Å². The van der Waals surface area contributed by atoms with Crippen LogP contribution in [-0.4, -0.2) is 50.9 Å². The third kappa shape index (κ3) is 3.89. The second-order valence-electron chi connectivity index (χ2n) is 3.88. The van der Waals surface area contributed by atoms with Gasteiger partial charge < -0.3 is 9.47 Å². The van der Waals surface area contributed by atoms with E-state index >= 15 is 0 Å². The number of thiol groups is 1. The summed E-state index contributed by atoms with van der Waals surface area (Å²) < 4.78 is 51.1. The fraction of sp³-hybridized carbons (Fsp3) is 1.00. The van der Waals surface area contributed by atoms with Gasteiger partial charge in [0.2, 0.25) is 5.79 Å². The minimum absolute atomic E-state index is 0.000432. The number of phosphoric ester groups is 1. The third-order valence-electron chi connectivity index (χ3n) is 2.54. The molecule has 1 aliphatic rings. The number of alkyl halides is 1. The average molecular weight is 319 g/mol. The first-order valence-electron chi connectivity index (χ1n) is 5.59. The molecule has 2 N–H and O–H groups in total. The summed E-state index contributed by atoms with van der Waals surface area (Å²) in [6, 6.07) is 0. The Labute approximate surface area is 116 Å². The monoisotopic (exact) mass is 319 g/mol. The Bertz CT molecular complexity index is 347. The van der Waals surface area contributed by atoms with Crippen LogP contribution in [-0.2, 0) is 27.6 Å². The van der Waals surface area contributed by atoms with Gasteiger partial charge in [-0.25, -0.2) is 8.96 Å². The maximum atomic E-state index is 14.3. The summed E-state index contributed by atoms with van der Waals surface area (Å²) in [7, 11) is -1.37. The predicted octanol–water partition coefficient (Wildman–Crippen LogP) is 1.09. The molecule has 5 atom stereocenters. The highest BCUT2D eigenvalue weighted by Gasteiger charge is 2.57. The number of hydrogen-bond donors (Lipinski definition) is 2. The molecule has 0 aliphatic carbocycles. The van der Waals surface area contributed by atoms with E-state index in [1.54, 1.807) is 6.92 Å². The summed E-state index contributed by atoms with van der Waals surface area (Å²) in [5.74, 6) is -2.45. The van der Waals surface area contributed by atoms with Gasteiger partial charge in [-0.2, -0.15) is 0 Å². The zero-order chi connectivity index (χ0) is 14.7. The van der Waals surface area contributed by atoms with Gasteiger partial charge in [-0.15, -0.1) is 12.6 Å². The summed E-state index contributed by atoms with van der Waals surface area (Å²) in [5, 5.41) is 0. The molecule has 1 rings (SSSR count). The van der Waals surface area contributed by atoms with Crippen LogP contribution in [0.2, 0.25) is 0 Å². The largest absolute Gasteiger partial charge is 0.475 e. The fourth-order valence-corrected chi connectivity index (χ4v) is 3.08. The Balaban J connectivity index is 2.89. The van der Waals surface area contributed by atoms with Crippen molar-refractivity contribution in [2.45, 2.75) is 30.4 Å². The van der Waals surface area contributed by atoms with E-state index in [9.17, 15) is 8.96 Å². The van der Waals surface area contributed by atoms with E-state index in [-0.39, 0.29) is 13.2 Å². The first-order chi connectivity index (χ1) is 8.80. The van der Waals surface area contributed by atoms with Gasteiger partial charge in [0.05, 0.1) is 13.2 Å². The van der Waals surface area contributed by atoms with Gasteiger partial charge in [0, 0.05) is 14.2 Å². The van der Waals surface area contributed by atoms with Crippen LogP contribution in [0.3, 0.4) is 0 Å². The normalized spacial score (nSPS) is 38.3. The summed E-state index contributed by atoms with van der Waals surface area (Å²) in [6.45, 7) is 1.67. The lowest BCUT2D eigenvalue weighted by molar-refractivity contribution is -0.0289. The quantitative estimate of drug-likeness (QED) is 0.412. The molecular formula is C9H19FNO6PS. The molecule has 4 unspecified atom stereocenters. The Morgan fingerprint density at radius 3 is 2.63 bits per heavy atom. The molecule has 0 saturated carbocycles. The Kier molecular flexibility index (Phi) is 6.22. The van der Waals surface area contributed by atoms with E-state index in [1.807, 2.05) is 0 Å². The standard InChI is InChI=1S/C9H19FNO6PS/c1-4-15-18(12,14-3)17-7-6(5-13-2)16-8(19)9(7,10)11/h6-8,19H,4-5,11H2,1-3H3/t6?,7?,8?,9-,18?/m1/s1. The van der Waals surface area contributed by atoms with Crippen LogP contribution in [0.1, 0.15) is 6.92 Å². The van der Waals surface area contributed by atoms with Gasteiger partial charge in [-0.3, -0.25) is 19.3 Å². The minimum Gasteiger partial charge on any atom is -0.382 e. The van der Waals surface area contributed by atoms with Crippen molar-refractivity contribution in [1.82, 2.24) is 0 Å². The van der Waals surface area contributed by atoms with Crippen LogP contribution < -0.4 is 5.73 Å². The summed E-state index contributed by atoms with van der Waals surface area (Å²) in [5.41, 5.74) is 4.23. The highest BCUT2D eigenvalue weighted by atomic mass is 32.1. The SMILES string of the molecule is CCOP(=O)(OC)OC1C(COC)OC(S)[C@@]1(N)F. The lowest BCUT2D eigenvalue weighted by Crippen LogP contribution is -2.52. The van der Waals surface area contributed by atoms with E-state index in [0.29, 0.717) is 0 Å². The number of nitrogens with two attached hydrogens (primary N) is 1. The van der Waals surface area contributed by atoms with Crippen LogP contribution in [0.5, 0.6) is 0 Å². The summed E-state index contributed by atoms with van der Waals surface area (Å²) in [4.78, 5) is 0. The molecule has 0 aromatic heterocycles. The lowest BCUT2D eigenvalue weighted by Gasteiger charge is -2.28. The van der Waals surface area contributed by atoms with Crippen LogP contribution in [0, 0.1) is 0 Å². The van der Waals surface area contributed by atoms with Gasteiger partial charge in [-0.1, -0.05) is 0 Å². The molecule has 0 aromatic carbocycles. The van der Waals surface area contributed by atoms with E-state index in [1.165, 1.54) is 7.11 Å². The zero-order valence-corrected chi connectivity index (χ0v) is 12.7. The second kappa shape index (κ2) is 6.82. The van der Waals surface area contributed by atoms with Gasteiger partial charge in [-0.05, 0) is 6.92 Å². The molecule has 0 amide bonds. The highest BCUT2D eigenvalue weighted by molar-refractivity contribution is 7.80. The van der Waals surface area contributed by atoms with Gasteiger partial charge >= 0.3 is 7.82 Å². The van der Waals surface area contributed by atoms with Crippen LogP contribution in [0.25, 0.3) is 0 Å². The number of ether oxygens (including phenoxy) is 2. The number of phosphoric acid groups is 1.